The van der Waals surface area contributed by atoms with Crippen LogP contribution in [0.1, 0.15) is 48.2 Å². The number of likely N-dealkylation sites (N-methyl/N-ethyl adjacent to an activating group) is 1. The monoisotopic (exact) mass is 345 g/mol. The molecule has 1 aliphatic carbocycles. The highest BCUT2D eigenvalue weighted by molar-refractivity contribution is 7.07. The number of carbonyl (C=O) groups excluding carboxylic acids is 1. The fourth-order valence-electron chi connectivity index (χ4n) is 3.22. The minimum absolute atomic E-state index is 0.117. The lowest BCUT2D eigenvalue weighted by atomic mass is 10.00. The van der Waals surface area contributed by atoms with Gasteiger partial charge in [-0.15, -0.1) is 11.3 Å². The summed E-state index contributed by atoms with van der Waals surface area (Å²) in [5.74, 6) is -0.117. The maximum atomic E-state index is 12.7. The number of aliphatic hydroxyl groups is 1. The Hall–Kier alpha value is -1.76. The molecule has 0 fully saturated rings. The summed E-state index contributed by atoms with van der Waals surface area (Å²) in [4.78, 5) is 18.8. The molecule has 2 aromatic rings. The van der Waals surface area contributed by atoms with Crippen molar-refractivity contribution in [2.24, 2.45) is 0 Å². The van der Waals surface area contributed by atoms with E-state index in [9.17, 15) is 9.90 Å². The number of amides is 1. The molecule has 0 bridgehead atoms. The van der Waals surface area contributed by atoms with Gasteiger partial charge in [0.15, 0.2) is 0 Å². The van der Waals surface area contributed by atoms with Crippen molar-refractivity contribution < 1.29 is 9.90 Å². The second kappa shape index (κ2) is 7.42. The Morgan fingerprint density at radius 1 is 1.42 bits per heavy atom. The van der Waals surface area contributed by atoms with Crippen LogP contribution in [0.15, 0.2) is 29.1 Å². The van der Waals surface area contributed by atoms with Gasteiger partial charge in [0.25, 0.3) is 0 Å². The number of rotatable bonds is 4. The minimum atomic E-state index is -0.442. The Balaban J connectivity index is 1.81. The van der Waals surface area contributed by atoms with Crippen LogP contribution in [0.3, 0.4) is 0 Å². The predicted molar refractivity (Wildman–Crippen MR) is 96.1 cm³/mol. The topological polar surface area (TPSA) is 65.5 Å². The largest absolute Gasteiger partial charge is 0.388 e. The number of aryl methyl sites for hydroxylation is 1. The Morgan fingerprint density at radius 3 is 2.96 bits per heavy atom. The highest BCUT2D eigenvalue weighted by atomic mass is 32.1. The summed E-state index contributed by atoms with van der Waals surface area (Å²) in [7, 11) is 3.73. The maximum Gasteiger partial charge on any atom is 0.247 e. The van der Waals surface area contributed by atoms with Crippen LogP contribution in [-0.2, 0) is 11.2 Å². The molecule has 0 aliphatic heterocycles. The Labute approximate surface area is 146 Å². The van der Waals surface area contributed by atoms with Crippen LogP contribution in [-0.4, -0.2) is 35.0 Å². The molecule has 5 nitrogen and oxygen atoms in total. The summed E-state index contributed by atoms with van der Waals surface area (Å²) in [5.41, 5.74) is 5.33. The Bertz CT molecular complexity index is 700. The van der Waals surface area contributed by atoms with E-state index in [2.05, 4.69) is 10.3 Å². The number of anilines is 1. The molecule has 0 radical (unpaired) electrons. The first-order valence-electron chi connectivity index (χ1n) is 8.22. The van der Waals surface area contributed by atoms with E-state index in [1.807, 2.05) is 42.6 Å². The summed E-state index contributed by atoms with van der Waals surface area (Å²) >= 11 is 1.48. The summed E-state index contributed by atoms with van der Waals surface area (Å²) in [6.07, 6.45) is 3.46. The van der Waals surface area contributed by atoms with E-state index in [-0.39, 0.29) is 5.91 Å². The van der Waals surface area contributed by atoms with Crippen LogP contribution in [0, 0.1) is 0 Å². The molecule has 6 heteroatoms. The second-order valence-electron chi connectivity index (χ2n) is 6.44. The zero-order chi connectivity index (χ0) is 17.1. The van der Waals surface area contributed by atoms with Gasteiger partial charge >= 0.3 is 0 Å². The van der Waals surface area contributed by atoms with E-state index < -0.39 is 12.1 Å². The number of aliphatic hydroxyl groups excluding tert-OH is 1. The first-order valence-corrected chi connectivity index (χ1v) is 9.17. The lowest BCUT2D eigenvalue weighted by molar-refractivity contribution is -0.120. The van der Waals surface area contributed by atoms with Gasteiger partial charge in [0, 0.05) is 11.1 Å². The molecule has 0 saturated carbocycles. The van der Waals surface area contributed by atoms with Crippen LogP contribution >= 0.6 is 11.3 Å². The molecular weight excluding hydrogens is 322 g/mol. The van der Waals surface area contributed by atoms with Gasteiger partial charge in [-0.3, -0.25) is 9.69 Å². The van der Waals surface area contributed by atoms with Gasteiger partial charge in [-0.2, -0.15) is 0 Å². The third-order valence-corrected chi connectivity index (χ3v) is 5.05. The smallest absolute Gasteiger partial charge is 0.247 e. The fraction of sp³-hybridized carbons (Fsp3) is 0.444. The van der Waals surface area contributed by atoms with Crippen molar-refractivity contribution in [3.05, 3.63) is 45.9 Å². The van der Waals surface area contributed by atoms with E-state index in [4.69, 9.17) is 0 Å². The first-order chi connectivity index (χ1) is 11.6. The van der Waals surface area contributed by atoms with E-state index in [0.29, 0.717) is 0 Å². The van der Waals surface area contributed by atoms with Crippen molar-refractivity contribution in [3.8, 4) is 0 Å². The molecule has 24 heavy (non-hydrogen) atoms. The van der Waals surface area contributed by atoms with Crippen LogP contribution in [0.4, 0.5) is 5.69 Å². The van der Waals surface area contributed by atoms with Crippen LogP contribution in [0.5, 0.6) is 0 Å². The van der Waals surface area contributed by atoms with Crippen molar-refractivity contribution in [2.45, 2.75) is 37.8 Å². The van der Waals surface area contributed by atoms with E-state index in [0.717, 1.165) is 42.6 Å². The van der Waals surface area contributed by atoms with Gasteiger partial charge in [0.05, 0.1) is 17.3 Å². The molecule has 1 aliphatic rings. The molecule has 0 saturated heterocycles. The molecule has 1 amide bonds. The predicted octanol–water partition coefficient (Wildman–Crippen LogP) is 3.14. The van der Waals surface area contributed by atoms with Crippen molar-refractivity contribution in [3.63, 3.8) is 0 Å². The van der Waals surface area contributed by atoms with Gasteiger partial charge in [-0.1, -0.05) is 12.5 Å². The normalized spacial score (nSPS) is 18.8. The van der Waals surface area contributed by atoms with Crippen molar-refractivity contribution >= 4 is 22.9 Å². The summed E-state index contributed by atoms with van der Waals surface area (Å²) < 4.78 is 0. The van der Waals surface area contributed by atoms with Crippen molar-refractivity contribution in [2.75, 3.05) is 19.4 Å². The van der Waals surface area contributed by atoms with Crippen LogP contribution in [0.2, 0.25) is 0 Å². The molecule has 3 rings (SSSR count). The van der Waals surface area contributed by atoms with Crippen LogP contribution < -0.4 is 5.32 Å². The van der Waals surface area contributed by atoms with Crippen molar-refractivity contribution in [1.82, 2.24) is 9.88 Å². The standard InChI is InChI=1S/C18H23N3O2S/c1-21(2)17(15-10-24-11-19-15)18(23)20-13-8-7-12-5-3-4-6-16(22)14(12)9-13/h7-11,16-17,22H,3-6H2,1-2H3,(H,20,23). The highest BCUT2D eigenvalue weighted by Gasteiger charge is 2.25. The maximum absolute atomic E-state index is 12.7. The SMILES string of the molecule is CN(C)C(C(=O)Nc1ccc2c(c1)C(O)CCCC2)c1cscn1. The molecule has 1 aromatic carbocycles. The van der Waals surface area contributed by atoms with E-state index >= 15 is 0 Å². The summed E-state index contributed by atoms with van der Waals surface area (Å²) in [6.45, 7) is 0. The third-order valence-electron chi connectivity index (χ3n) is 4.44. The number of benzene rings is 1. The number of nitrogens with one attached hydrogen (secondary N) is 1. The average Bonchev–Trinajstić information content (AvgIpc) is 2.99. The minimum Gasteiger partial charge on any atom is -0.388 e. The molecule has 2 unspecified atom stereocenters. The fourth-order valence-corrected chi connectivity index (χ4v) is 3.79. The second-order valence-corrected chi connectivity index (χ2v) is 7.16. The zero-order valence-electron chi connectivity index (χ0n) is 14.0. The quantitative estimate of drug-likeness (QED) is 0.836. The average molecular weight is 345 g/mol. The number of thiazole rings is 1. The number of carbonyl (C=O) groups is 1. The lowest BCUT2D eigenvalue weighted by Gasteiger charge is -2.22. The number of nitrogens with zero attached hydrogens (tertiary/aromatic N) is 2. The number of hydrogen-bond acceptors (Lipinski definition) is 5. The highest BCUT2D eigenvalue weighted by Crippen LogP contribution is 2.31. The van der Waals surface area contributed by atoms with Gasteiger partial charge in [-0.05, 0) is 56.6 Å². The molecule has 1 heterocycles. The summed E-state index contributed by atoms with van der Waals surface area (Å²) in [6, 6.07) is 5.42. The number of fused-ring (bicyclic) bond motifs is 1. The molecule has 2 N–H and O–H groups in total. The number of hydrogen-bond donors (Lipinski definition) is 2. The lowest BCUT2D eigenvalue weighted by Crippen LogP contribution is -2.32. The molecule has 0 spiro atoms. The van der Waals surface area contributed by atoms with E-state index in [1.165, 1.54) is 16.9 Å². The molecular formula is C18H23N3O2S. The number of aromatic nitrogens is 1. The molecule has 128 valence electrons. The Morgan fingerprint density at radius 2 is 2.25 bits per heavy atom. The van der Waals surface area contributed by atoms with Crippen LogP contribution in [0.25, 0.3) is 0 Å². The van der Waals surface area contributed by atoms with Gasteiger partial charge in [0.1, 0.15) is 6.04 Å². The Kier molecular flexibility index (Phi) is 5.28. The zero-order valence-corrected chi connectivity index (χ0v) is 14.8. The first kappa shape index (κ1) is 17.1. The van der Waals surface area contributed by atoms with E-state index in [1.54, 1.807) is 5.51 Å². The summed E-state index contributed by atoms with van der Waals surface area (Å²) in [5, 5.41) is 15.2. The van der Waals surface area contributed by atoms with Gasteiger partial charge < -0.3 is 10.4 Å². The molecule has 2 atom stereocenters. The van der Waals surface area contributed by atoms with Gasteiger partial charge in [0.2, 0.25) is 5.91 Å². The van der Waals surface area contributed by atoms with Crippen molar-refractivity contribution in [1.29, 1.82) is 0 Å². The third kappa shape index (κ3) is 3.66. The molecule has 1 aromatic heterocycles. The van der Waals surface area contributed by atoms with Gasteiger partial charge in [-0.25, -0.2) is 4.98 Å².